The van der Waals surface area contributed by atoms with Crippen molar-refractivity contribution in [2.45, 2.75) is 31.3 Å². The van der Waals surface area contributed by atoms with E-state index in [1.165, 1.54) is 25.9 Å². The average Bonchev–Trinajstić information content (AvgIpc) is 3.17. The summed E-state index contributed by atoms with van der Waals surface area (Å²) in [5, 5.41) is 0. The number of hydrogen-bond donors (Lipinski definition) is 1. The average molecular weight is 273 g/mol. The Morgan fingerprint density at radius 1 is 1.15 bits per heavy atom. The van der Waals surface area contributed by atoms with Gasteiger partial charge in [0.1, 0.15) is 6.04 Å². The first-order valence-corrected chi connectivity index (χ1v) is 7.59. The highest BCUT2D eigenvalue weighted by Crippen LogP contribution is 2.23. The van der Waals surface area contributed by atoms with E-state index in [2.05, 4.69) is 4.90 Å². The van der Waals surface area contributed by atoms with E-state index in [1.807, 2.05) is 35.2 Å². The van der Waals surface area contributed by atoms with Crippen molar-refractivity contribution in [2.75, 3.05) is 26.2 Å². The fraction of sp³-hybridized carbons (Fsp3) is 0.562. The summed E-state index contributed by atoms with van der Waals surface area (Å²) < 4.78 is 0. The predicted molar refractivity (Wildman–Crippen MR) is 79.2 cm³/mol. The van der Waals surface area contributed by atoms with Crippen LogP contribution < -0.4 is 5.73 Å². The molecule has 108 valence electrons. The summed E-state index contributed by atoms with van der Waals surface area (Å²) in [6.07, 6.45) is 3.69. The molecule has 2 fully saturated rings. The maximum absolute atomic E-state index is 12.5. The molecule has 0 bridgehead atoms. The lowest BCUT2D eigenvalue weighted by Crippen LogP contribution is -2.40. The standard InChI is InChI=1S/C16H23N3O/c17-15(13-6-2-1-3-7-13)16(20)19-11-8-14(12-19)18-9-4-5-10-18/h1-3,6-7,14-15H,4-5,8-12,17H2/t14?,15-/m1/s1. The molecule has 1 unspecified atom stereocenters. The van der Waals surface area contributed by atoms with E-state index in [4.69, 9.17) is 5.73 Å². The molecule has 2 heterocycles. The maximum Gasteiger partial charge on any atom is 0.244 e. The normalized spacial score (nSPS) is 25.1. The van der Waals surface area contributed by atoms with E-state index in [9.17, 15) is 4.79 Å². The van der Waals surface area contributed by atoms with E-state index >= 15 is 0 Å². The minimum absolute atomic E-state index is 0.0675. The second-order valence-corrected chi connectivity index (χ2v) is 5.86. The van der Waals surface area contributed by atoms with E-state index in [0.717, 1.165) is 25.1 Å². The summed E-state index contributed by atoms with van der Waals surface area (Å²) in [7, 11) is 0. The smallest absolute Gasteiger partial charge is 0.244 e. The van der Waals surface area contributed by atoms with Crippen LogP contribution in [0, 0.1) is 0 Å². The zero-order valence-electron chi connectivity index (χ0n) is 11.9. The van der Waals surface area contributed by atoms with Crippen molar-refractivity contribution >= 4 is 5.91 Å². The summed E-state index contributed by atoms with van der Waals surface area (Å²) in [5.74, 6) is 0.0675. The zero-order chi connectivity index (χ0) is 13.9. The molecule has 4 heteroatoms. The molecule has 3 rings (SSSR count). The largest absolute Gasteiger partial charge is 0.339 e. The van der Waals surface area contributed by atoms with E-state index in [0.29, 0.717) is 6.04 Å². The first-order valence-electron chi connectivity index (χ1n) is 7.59. The first kappa shape index (κ1) is 13.6. The molecule has 0 aromatic heterocycles. The van der Waals surface area contributed by atoms with Gasteiger partial charge in [-0.05, 0) is 37.9 Å². The fourth-order valence-corrected chi connectivity index (χ4v) is 3.35. The van der Waals surface area contributed by atoms with E-state index < -0.39 is 6.04 Å². The van der Waals surface area contributed by atoms with Gasteiger partial charge in [0.05, 0.1) is 0 Å². The highest BCUT2D eigenvalue weighted by molar-refractivity contribution is 5.83. The maximum atomic E-state index is 12.5. The van der Waals surface area contributed by atoms with Crippen LogP contribution in [0.1, 0.15) is 30.9 Å². The summed E-state index contributed by atoms with van der Waals surface area (Å²) in [5.41, 5.74) is 7.02. The number of benzene rings is 1. The van der Waals surface area contributed by atoms with Crippen LogP contribution in [0.5, 0.6) is 0 Å². The first-order chi connectivity index (χ1) is 9.75. The molecule has 0 aliphatic carbocycles. The Morgan fingerprint density at radius 2 is 1.85 bits per heavy atom. The number of carbonyl (C=O) groups is 1. The van der Waals surface area contributed by atoms with Crippen molar-refractivity contribution in [2.24, 2.45) is 5.73 Å². The highest BCUT2D eigenvalue weighted by Gasteiger charge is 2.33. The van der Waals surface area contributed by atoms with Crippen LogP contribution in [0.2, 0.25) is 0 Å². The van der Waals surface area contributed by atoms with Crippen molar-refractivity contribution in [3.05, 3.63) is 35.9 Å². The Bertz CT molecular complexity index is 456. The molecule has 0 spiro atoms. The van der Waals surface area contributed by atoms with Gasteiger partial charge in [0.25, 0.3) is 0 Å². The van der Waals surface area contributed by atoms with Crippen molar-refractivity contribution in [3.8, 4) is 0 Å². The van der Waals surface area contributed by atoms with Gasteiger partial charge >= 0.3 is 0 Å². The summed E-state index contributed by atoms with van der Waals surface area (Å²) in [6, 6.07) is 9.68. The summed E-state index contributed by atoms with van der Waals surface area (Å²) >= 11 is 0. The van der Waals surface area contributed by atoms with Crippen LogP contribution in [0.3, 0.4) is 0 Å². The Morgan fingerprint density at radius 3 is 2.55 bits per heavy atom. The molecule has 1 aromatic rings. The minimum Gasteiger partial charge on any atom is -0.339 e. The van der Waals surface area contributed by atoms with Gasteiger partial charge in [-0.15, -0.1) is 0 Å². The Kier molecular flexibility index (Phi) is 4.03. The van der Waals surface area contributed by atoms with Gasteiger partial charge in [0.2, 0.25) is 5.91 Å². The Hall–Kier alpha value is -1.39. The number of rotatable bonds is 3. The fourth-order valence-electron chi connectivity index (χ4n) is 3.35. The third-order valence-corrected chi connectivity index (χ3v) is 4.56. The lowest BCUT2D eigenvalue weighted by atomic mass is 10.1. The molecule has 0 radical (unpaired) electrons. The van der Waals surface area contributed by atoms with Gasteiger partial charge in [-0.25, -0.2) is 0 Å². The molecule has 2 atom stereocenters. The number of nitrogens with two attached hydrogens (primary N) is 1. The van der Waals surface area contributed by atoms with Gasteiger partial charge < -0.3 is 10.6 Å². The van der Waals surface area contributed by atoms with Crippen LogP contribution in [0.15, 0.2) is 30.3 Å². The van der Waals surface area contributed by atoms with Gasteiger partial charge in [0, 0.05) is 19.1 Å². The molecule has 0 saturated carbocycles. The monoisotopic (exact) mass is 273 g/mol. The third kappa shape index (κ3) is 2.72. The molecule has 2 N–H and O–H groups in total. The molecule has 1 amide bonds. The van der Waals surface area contributed by atoms with Gasteiger partial charge in [-0.2, -0.15) is 0 Å². The van der Waals surface area contributed by atoms with E-state index in [1.54, 1.807) is 0 Å². The Labute approximate surface area is 120 Å². The molecular weight excluding hydrogens is 250 g/mol. The quantitative estimate of drug-likeness (QED) is 0.905. The van der Waals surface area contributed by atoms with Crippen LogP contribution in [0.4, 0.5) is 0 Å². The lowest BCUT2D eigenvalue weighted by molar-refractivity contribution is -0.131. The number of nitrogens with zero attached hydrogens (tertiary/aromatic N) is 2. The second-order valence-electron chi connectivity index (χ2n) is 5.86. The van der Waals surface area contributed by atoms with Crippen molar-refractivity contribution < 1.29 is 4.79 Å². The topological polar surface area (TPSA) is 49.6 Å². The molecular formula is C16H23N3O. The van der Waals surface area contributed by atoms with Crippen LogP contribution >= 0.6 is 0 Å². The molecule has 2 aliphatic rings. The number of carbonyl (C=O) groups excluding carboxylic acids is 1. The van der Waals surface area contributed by atoms with E-state index in [-0.39, 0.29) is 5.91 Å². The van der Waals surface area contributed by atoms with Gasteiger partial charge in [-0.3, -0.25) is 9.69 Å². The second kappa shape index (κ2) is 5.94. The SMILES string of the molecule is N[C@@H](C(=O)N1CCC(N2CCCC2)C1)c1ccccc1. The molecule has 2 saturated heterocycles. The number of amides is 1. The summed E-state index contributed by atoms with van der Waals surface area (Å²) in [6.45, 7) is 4.08. The number of likely N-dealkylation sites (tertiary alicyclic amines) is 2. The van der Waals surface area contributed by atoms with Crippen LogP contribution in [-0.2, 0) is 4.79 Å². The van der Waals surface area contributed by atoms with Crippen molar-refractivity contribution in [1.29, 1.82) is 0 Å². The molecule has 2 aliphatic heterocycles. The van der Waals surface area contributed by atoms with Crippen molar-refractivity contribution in [1.82, 2.24) is 9.80 Å². The predicted octanol–water partition coefficient (Wildman–Crippen LogP) is 1.38. The third-order valence-electron chi connectivity index (χ3n) is 4.56. The summed E-state index contributed by atoms with van der Waals surface area (Å²) in [4.78, 5) is 17.0. The Balaban J connectivity index is 1.61. The zero-order valence-corrected chi connectivity index (χ0v) is 11.9. The molecule has 1 aromatic carbocycles. The minimum atomic E-state index is -0.520. The number of hydrogen-bond acceptors (Lipinski definition) is 3. The van der Waals surface area contributed by atoms with Crippen molar-refractivity contribution in [3.63, 3.8) is 0 Å². The van der Waals surface area contributed by atoms with Gasteiger partial charge in [-0.1, -0.05) is 30.3 Å². The highest BCUT2D eigenvalue weighted by atomic mass is 16.2. The molecule has 4 nitrogen and oxygen atoms in total. The molecule has 20 heavy (non-hydrogen) atoms. The lowest BCUT2D eigenvalue weighted by Gasteiger charge is -2.25. The van der Waals surface area contributed by atoms with Gasteiger partial charge in [0.15, 0.2) is 0 Å². The van der Waals surface area contributed by atoms with Crippen LogP contribution in [0.25, 0.3) is 0 Å². The van der Waals surface area contributed by atoms with Crippen LogP contribution in [-0.4, -0.2) is 47.9 Å².